The SMILES string of the molecule is COCC(O)CNC(=O)C12CC3CC(CC(C3)C1)C2. The van der Waals surface area contributed by atoms with E-state index in [9.17, 15) is 9.90 Å². The molecule has 4 bridgehead atoms. The van der Waals surface area contributed by atoms with E-state index >= 15 is 0 Å². The van der Waals surface area contributed by atoms with Gasteiger partial charge in [-0.25, -0.2) is 0 Å². The molecule has 4 fully saturated rings. The Kier molecular flexibility index (Phi) is 3.56. The molecule has 4 saturated carbocycles. The minimum absolute atomic E-state index is 0.110. The Morgan fingerprint density at radius 2 is 1.79 bits per heavy atom. The summed E-state index contributed by atoms with van der Waals surface area (Å²) in [5, 5.41) is 12.6. The van der Waals surface area contributed by atoms with E-state index in [0.29, 0.717) is 6.54 Å². The zero-order valence-corrected chi connectivity index (χ0v) is 11.7. The van der Waals surface area contributed by atoms with Crippen molar-refractivity contribution in [3.8, 4) is 0 Å². The number of carbonyl (C=O) groups excluding carboxylic acids is 1. The van der Waals surface area contributed by atoms with Gasteiger partial charge < -0.3 is 15.2 Å². The number of hydrogen-bond acceptors (Lipinski definition) is 3. The van der Waals surface area contributed by atoms with Crippen molar-refractivity contribution in [3.63, 3.8) is 0 Å². The summed E-state index contributed by atoms with van der Waals surface area (Å²) < 4.78 is 4.88. The molecule has 19 heavy (non-hydrogen) atoms. The molecule has 4 rings (SSSR count). The Balaban J connectivity index is 1.60. The van der Waals surface area contributed by atoms with Crippen LogP contribution in [0.2, 0.25) is 0 Å². The first-order valence-electron chi connectivity index (χ1n) is 7.56. The summed E-state index contributed by atoms with van der Waals surface area (Å²) in [6, 6.07) is 0. The summed E-state index contributed by atoms with van der Waals surface area (Å²) in [5.41, 5.74) is -0.110. The average molecular weight is 267 g/mol. The highest BCUT2D eigenvalue weighted by Crippen LogP contribution is 2.60. The van der Waals surface area contributed by atoms with Gasteiger partial charge in [-0.05, 0) is 56.3 Å². The van der Waals surface area contributed by atoms with Crippen molar-refractivity contribution in [1.82, 2.24) is 5.32 Å². The van der Waals surface area contributed by atoms with Crippen LogP contribution in [0.15, 0.2) is 0 Å². The predicted molar refractivity (Wildman–Crippen MR) is 71.5 cm³/mol. The van der Waals surface area contributed by atoms with Gasteiger partial charge in [0.25, 0.3) is 0 Å². The van der Waals surface area contributed by atoms with Crippen LogP contribution in [0.25, 0.3) is 0 Å². The number of carbonyl (C=O) groups is 1. The van der Waals surface area contributed by atoms with Crippen LogP contribution in [0.3, 0.4) is 0 Å². The van der Waals surface area contributed by atoms with E-state index in [1.165, 1.54) is 19.3 Å². The Labute approximate surface area is 114 Å². The number of nitrogens with one attached hydrogen (secondary N) is 1. The van der Waals surface area contributed by atoms with Gasteiger partial charge in [-0.2, -0.15) is 0 Å². The lowest BCUT2D eigenvalue weighted by Gasteiger charge is -2.55. The maximum Gasteiger partial charge on any atom is 0.226 e. The zero-order chi connectivity index (χ0) is 13.5. The first kappa shape index (κ1) is 13.4. The molecule has 0 aromatic rings. The van der Waals surface area contributed by atoms with Crippen molar-refractivity contribution in [2.24, 2.45) is 23.2 Å². The first-order valence-corrected chi connectivity index (χ1v) is 7.56. The molecule has 0 spiro atoms. The quantitative estimate of drug-likeness (QED) is 0.790. The number of aliphatic hydroxyl groups excluding tert-OH is 1. The van der Waals surface area contributed by atoms with Crippen LogP contribution in [-0.2, 0) is 9.53 Å². The molecule has 1 amide bonds. The third-order valence-corrected chi connectivity index (χ3v) is 5.38. The molecular weight excluding hydrogens is 242 g/mol. The minimum Gasteiger partial charge on any atom is -0.389 e. The lowest BCUT2D eigenvalue weighted by molar-refractivity contribution is -0.146. The van der Waals surface area contributed by atoms with Gasteiger partial charge >= 0.3 is 0 Å². The van der Waals surface area contributed by atoms with E-state index in [0.717, 1.165) is 37.0 Å². The van der Waals surface area contributed by atoms with Crippen LogP contribution in [-0.4, -0.2) is 37.4 Å². The van der Waals surface area contributed by atoms with E-state index in [4.69, 9.17) is 4.74 Å². The Hall–Kier alpha value is -0.610. The first-order chi connectivity index (χ1) is 9.11. The van der Waals surface area contributed by atoms with Gasteiger partial charge in [-0.3, -0.25) is 4.79 Å². The maximum absolute atomic E-state index is 12.5. The second-order valence-electron chi connectivity index (χ2n) is 7.02. The summed E-state index contributed by atoms with van der Waals surface area (Å²) in [6.45, 7) is 0.593. The lowest BCUT2D eigenvalue weighted by Crippen LogP contribution is -2.54. The molecule has 0 aliphatic heterocycles. The van der Waals surface area contributed by atoms with Gasteiger partial charge in [0.05, 0.1) is 12.7 Å². The second-order valence-corrected chi connectivity index (χ2v) is 7.02. The van der Waals surface area contributed by atoms with E-state index in [-0.39, 0.29) is 17.9 Å². The number of aliphatic hydroxyl groups is 1. The number of ether oxygens (including phenoxy) is 1. The van der Waals surface area contributed by atoms with Crippen molar-refractivity contribution in [3.05, 3.63) is 0 Å². The van der Waals surface area contributed by atoms with Gasteiger partial charge in [0, 0.05) is 19.1 Å². The third-order valence-electron chi connectivity index (χ3n) is 5.38. The van der Waals surface area contributed by atoms with Gasteiger partial charge in [-0.15, -0.1) is 0 Å². The number of rotatable bonds is 5. The summed E-state index contributed by atoms with van der Waals surface area (Å²) in [7, 11) is 1.56. The average Bonchev–Trinajstić information content (AvgIpc) is 2.34. The van der Waals surface area contributed by atoms with Crippen molar-refractivity contribution >= 4 is 5.91 Å². The van der Waals surface area contributed by atoms with Crippen LogP contribution >= 0.6 is 0 Å². The fraction of sp³-hybridized carbons (Fsp3) is 0.933. The summed E-state index contributed by atoms with van der Waals surface area (Å²) in [6.07, 6.45) is 6.67. The van der Waals surface area contributed by atoms with Crippen molar-refractivity contribution in [2.45, 2.75) is 44.6 Å². The third kappa shape index (κ3) is 2.52. The highest BCUT2D eigenvalue weighted by molar-refractivity contribution is 5.83. The molecule has 1 unspecified atom stereocenters. The van der Waals surface area contributed by atoms with Crippen molar-refractivity contribution in [2.75, 3.05) is 20.3 Å². The summed E-state index contributed by atoms with van der Waals surface area (Å²) in [4.78, 5) is 12.5. The second kappa shape index (κ2) is 5.06. The van der Waals surface area contributed by atoms with E-state index in [1.54, 1.807) is 7.11 Å². The number of methoxy groups -OCH3 is 1. The van der Waals surface area contributed by atoms with E-state index < -0.39 is 6.10 Å². The molecule has 108 valence electrons. The Morgan fingerprint density at radius 3 is 2.26 bits per heavy atom. The molecule has 0 aromatic carbocycles. The maximum atomic E-state index is 12.5. The van der Waals surface area contributed by atoms with Crippen LogP contribution in [0.5, 0.6) is 0 Å². The molecule has 0 heterocycles. The number of amides is 1. The monoisotopic (exact) mass is 267 g/mol. The molecular formula is C15H25NO3. The topological polar surface area (TPSA) is 58.6 Å². The normalized spacial score (nSPS) is 41.3. The molecule has 4 aliphatic carbocycles. The molecule has 2 N–H and O–H groups in total. The van der Waals surface area contributed by atoms with Crippen LogP contribution in [0.1, 0.15) is 38.5 Å². The van der Waals surface area contributed by atoms with Crippen molar-refractivity contribution in [1.29, 1.82) is 0 Å². The highest BCUT2D eigenvalue weighted by atomic mass is 16.5. The van der Waals surface area contributed by atoms with Gasteiger partial charge in [0.2, 0.25) is 5.91 Å². The molecule has 4 aliphatic rings. The molecule has 0 saturated heterocycles. The number of hydrogen-bond donors (Lipinski definition) is 2. The lowest BCUT2D eigenvalue weighted by atomic mass is 9.49. The molecule has 1 atom stereocenters. The van der Waals surface area contributed by atoms with Gasteiger partial charge in [0.15, 0.2) is 0 Å². The minimum atomic E-state index is -0.595. The standard InChI is InChI=1S/C15H25NO3/c1-19-9-13(17)8-16-14(18)15-5-10-2-11(6-15)4-12(3-10)7-15/h10-13,17H,2-9H2,1H3,(H,16,18). The van der Waals surface area contributed by atoms with Crippen LogP contribution in [0, 0.1) is 23.2 Å². The van der Waals surface area contributed by atoms with Gasteiger partial charge in [0.1, 0.15) is 0 Å². The summed E-state index contributed by atoms with van der Waals surface area (Å²) in [5.74, 6) is 2.52. The van der Waals surface area contributed by atoms with Gasteiger partial charge in [-0.1, -0.05) is 0 Å². The predicted octanol–water partition coefficient (Wildman–Crippen LogP) is 1.33. The molecule has 4 nitrogen and oxygen atoms in total. The van der Waals surface area contributed by atoms with Crippen molar-refractivity contribution < 1.29 is 14.6 Å². The fourth-order valence-corrected chi connectivity index (χ4v) is 5.04. The van der Waals surface area contributed by atoms with E-state index in [2.05, 4.69) is 5.32 Å². The summed E-state index contributed by atoms with van der Waals surface area (Å²) >= 11 is 0. The van der Waals surface area contributed by atoms with Crippen LogP contribution in [0.4, 0.5) is 0 Å². The van der Waals surface area contributed by atoms with Crippen LogP contribution < -0.4 is 5.32 Å². The fourth-order valence-electron chi connectivity index (χ4n) is 5.04. The largest absolute Gasteiger partial charge is 0.389 e. The molecule has 4 heteroatoms. The molecule has 0 radical (unpaired) electrons. The van der Waals surface area contributed by atoms with E-state index in [1.807, 2.05) is 0 Å². The zero-order valence-electron chi connectivity index (χ0n) is 11.7. The molecule has 0 aromatic heterocycles. The Bertz CT molecular complexity index is 320. The highest BCUT2D eigenvalue weighted by Gasteiger charge is 2.54. The smallest absolute Gasteiger partial charge is 0.226 e. The Morgan fingerprint density at radius 1 is 1.26 bits per heavy atom.